The van der Waals surface area contributed by atoms with Crippen molar-refractivity contribution < 1.29 is 0 Å². The number of nitrogens with two attached hydrogens (primary N) is 1. The molecular formula is C9H11N3O. The van der Waals surface area contributed by atoms with Crippen molar-refractivity contribution in [1.82, 2.24) is 9.38 Å². The van der Waals surface area contributed by atoms with Crippen LogP contribution >= 0.6 is 0 Å². The van der Waals surface area contributed by atoms with Crippen molar-refractivity contribution >= 4 is 5.65 Å². The number of imidazole rings is 1. The molecule has 0 radical (unpaired) electrons. The van der Waals surface area contributed by atoms with E-state index in [0.717, 1.165) is 17.8 Å². The highest BCUT2D eigenvalue weighted by atomic mass is 16.1. The van der Waals surface area contributed by atoms with Crippen LogP contribution in [0.3, 0.4) is 0 Å². The van der Waals surface area contributed by atoms with Gasteiger partial charge in [-0.2, -0.15) is 0 Å². The highest BCUT2D eigenvalue weighted by Crippen LogP contribution is 2.03. The van der Waals surface area contributed by atoms with Gasteiger partial charge in [0.05, 0.1) is 0 Å². The maximum Gasteiger partial charge on any atom is 0.183 e. The molecule has 2 rings (SSSR count). The Hall–Kier alpha value is -1.55. The molecule has 68 valence electrons. The second-order valence-electron chi connectivity index (χ2n) is 2.94. The number of pyridine rings is 1. The van der Waals surface area contributed by atoms with Crippen LogP contribution in [0, 0.1) is 0 Å². The SMILES string of the molecule is NCCc1c[nH]c2cc(=O)ccn12. The lowest BCUT2D eigenvalue weighted by Gasteiger charge is -1.97. The van der Waals surface area contributed by atoms with Crippen LogP contribution in [0.15, 0.2) is 29.3 Å². The monoisotopic (exact) mass is 177 g/mol. The first-order chi connectivity index (χ1) is 6.31. The van der Waals surface area contributed by atoms with E-state index < -0.39 is 0 Å². The Bertz CT molecular complexity index is 469. The van der Waals surface area contributed by atoms with Crippen LogP contribution < -0.4 is 11.2 Å². The zero-order valence-corrected chi connectivity index (χ0v) is 7.16. The number of hydrogen-bond donors (Lipinski definition) is 2. The van der Waals surface area contributed by atoms with E-state index in [1.54, 1.807) is 18.3 Å². The summed E-state index contributed by atoms with van der Waals surface area (Å²) in [7, 11) is 0. The molecule has 13 heavy (non-hydrogen) atoms. The minimum atomic E-state index is 0.0150. The van der Waals surface area contributed by atoms with Crippen LogP contribution in [-0.2, 0) is 6.42 Å². The first-order valence-electron chi connectivity index (χ1n) is 4.20. The molecule has 0 saturated carbocycles. The van der Waals surface area contributed by atoms with Crippen molar-refractivity contribution in [3.05, 3.63) is 40.4 Å². The molecule has 3 N–H and O–H groups in total. The molecule has 4 heteroatoms. The van der Waals surface area contributed by atoms with Gasteiger partial charge in [-0.05, 0) is 6.54 Å². The standard InChI is InChI=1S/C9H11N3O/c10-3-1-7-6-11-9-5-8(13)2-4-12(7)9/h2,4-6,11H,1,3,10H2. The quantitative estimate of drug-likeness (QED) is 0.684. The Balaban J connectivity index is 2.62. The van der Waals surface area contributed by atoms with Gasteiger partial charge in [-0.25, -0.2) is 0 Å². The van der Waals surface area contributed by atoms with Gasteiger partial charge in [-0.3, -0.25) is 4.79 Å². The molecule has 0 aliphatic heterocycles. The number of nitrogens with zero attached hydrogens (tertiary/aromatic N) is 1. The molecule has 0 saturated heterocycles. The molecule has 2 aromatic heterocycles. The third-order valence-electron chi connectivity index (χ3n) is 2.02. The highest BCUT2D eigenvalue weighted by Gasteiger charge is 1.99. The molecule has 0 atom stereocenters. The van der Waals surface area contributed by atoms with Crippen molar-refractivity contribution in [3.8, 4) is 0 Å². The first kappa shape index (κ1) is 8.07. The van der Waals surface area contributed by atoms with Crippen LogP contribution in [0.25, 0.3) is 5.65 Å². The van der Waals surface area contributed by atoms with E-state index in [4.69, 9.17) is 5.73 Å². The summed E-state index contributed by atoms with van der Waals surface area (Å²) >= 11 is 0. The van der Waals surface area contributed by atoms with Gasteiger partial charge in [0.25, 0.3) is 0 Å². The van der Waals surface area contributed by atoms with Crippen LogP contribution in [-0.4, -0.2) is 15.9 Å². The second-order valence-corrected chi connectivity index (χ2v) is 2.94. The van der Waals surface area contributed by atoms with E-state index >= 15 is 0 Å². The largest absolute Gasteiger partial charge is 0.346 e. The second kappa shape index (κ2) is 3.06. The van der Waals surface area contributed by atoms with Crippen molar-refractivity contribution in [3.63, 3.8) is 0 Å². The number of fused-ring (bicyclic) bond motifs is 1. The highest BCUT2D eigenvalue weighted by molar-refractivity contribution is 5.39. The van der Waals surface area contributed by atoms with Crippen molar-refractivity contribution in [2.24, 2.45) is 5.73 Å². The average Bonchev–Trinajstić information content (AvgIpc) is 2.49. The van der Waals surface area contributed by atoms with Gasteiger partial charge in [0.15, 0.2) is 5.43 Å². The van der Waals surface area contributed by atoms with E-state index in [1.807, 2.05) is 10.6 Å². The smallest absolute Gasteiger partial charge is 0.183 e. The van der Waals surface area contributed by atoms with E-state index in [9.17, 15) is 4.79 Å². The predicted molar refractivity (Wildman–Crippen MR) is 50.8 cm³/mol. The van der Waals surface area contributed by atoms with Gasteiger partial charge in [0.1, 0.15) is 5.65 Å². The number of aromatic nitrogens is 2. The molecule has 0 unspecified atom stereocenters. The molecule has 0 spiro atoms. The van der Waals surface area contributed by atoms with Gasteiger partial charge in [-0.15, -0.1) is 0 Å². The first-order valence-corrected chi connectivity index (χ1v) is 4.20. The lowest BCUT2D eigenvalue weighted by Crippen LogP contribution is -2.06. The van der Waals surface area contributed by atoms with E-state index in [2.05, 4.69) is 4.98 Å². The summed E-state index contributed by atoms with van der Waals surface area (Å²) in [6, 6.07) is 3.11. The number of H-pyrrole nitrogens is 1. The fourth-order valence-electron chi connectivity index (χ4n) is 1.41. The van der Waals surface area contributed by atoms with E-state index in [0.29, 0.717) is 6.54 Å². The van der Waals surface area contributed by atoms with Gasteiger partial charge < -0.3 is 15.1 Å². The summed E-state index contributed by atoms with van der Waals surface area (Å²) in [5, 5.41) is 0. The van der Waals surface area contributed by atoms with Gasteiger partial charge in [-0.1, -0.05) is 0 Å². The van der Waals surface area contributed by atoms with Crippen molar-refractivity contribution in [2.45, 2.75) is 6.42 Å². The Kier molecular flexibility index (Phi) is 1.90. The Morgan fingerprint density at radius 1 is 1.54 bits per heavy atom. The fraction of sp³-hybridized carbons (Fsp3) is 0.222. The maximum absolute atomic E-state index is 11.0. The molecular weight excluding hydrogens is 166 g/mol. The Morgan fingerprint density at radius 2 is 2.38 bits per heavy atom. The molecule has 4 nitrogen and oxygen atoms in total. The summed E-state index contributed by atoms with van der Waals surface area (Å²) in [6.07, 6.45) is 4.45. The topological polar surface area (TPSA) is 63.3 Å². The Labute approximate surface area is 75.0 Å². The minimum absolute atomic E-state index is 0.0150. The minimum Gasteiger partial charge on any atom is -0.346 e. The summed E-state index contributed by atoms with van der Waals surface area (Å²) in [5.41, 5.74) is 7.38. The summed E-state index contributed by atoms with van der Waals surface area (Å²) < 4.78 is 1.94. The average molecular weight is 177 g/mol. The third-order valence-corrected chi connectivity index (χ3v) is 2.02. The molecule has 2 heterocycles. The summed E-state index contributed by atoms with van der Waals surface area (Å²) in [6.45, 7) is 0.610. The van der Waals surface area contributed by atoms with Crippen LogP contribution in [0.5, 0.6) is 0 Å². The molecule has 0 fully saturated rings. The molecule has 0 aromatic carbocycles. The van der Waals surface area contributed by atoms with Crippen LogP contribution in [0.2, 0.25) is 0 Å². The van der Waals surface area contributed by atoms with Gasteiger partial charge >= 0.3 is 0 Å². The van der Waals surface area contributed by atoms with Crippen molar-refractivity contribution in [2.75, 3.05) is 6.54 Å². The normalized spacial score (nSPS) is 10.8. The van der Waals surface area contributed by atoms with Gasteiger partial charge in [0.2, 0.25) is 0 Å². The zero-order chi connectivity index (χ0) is 9.26. The lowest BCUT2D eigenvalue weighted by molar-refractivity contribution is 0.904. The van der Waals surface area contributed by atoms with Gasteiger partial charge in [0, 0.05) is 36.6 Å². The molecule has 0 aliphatic carbocycles. The third kappa shape index (κ3) is 1.36. The molecule has 0 aliphatic rings. The fourth-order valence-corrected chi connectivity index (χ4v) is 1.41. The summed E-state index contributed by atoms with van der Waals surface area (Å²) in [4.78, 5) is 14.0. The Morgan fingerprint density at radius 3 is 3.15 bits per heavy atom. The molecule has 0 amide bonds. The number of aromatic amines is 1. The number of nitrogens with one attached hydrogen (secondary N) is 1. The zero-order valence-electron chi connectivity index (χ0n) is 7.16. The summed E-state index contributed by atoms with van der Waals surface area (Å²) in [5.74, 6) is 0. The van der Waals surface area contributed by atoms with Crippen LogP contribution in [0.4, 0.5) is 0 Å². The molecule has 0 bridgehead atoms. The lowest BCUT2D eigenvalue weighted by atomic mass is 10.3. The molecule has 2 aromatic rings. The predicted octanol–water partition coefficient (Wildman–Crippen LogP) is 0.129. The maximum atomic E-state index is 11.0. The van der Waals surface area contributed by atoms with Crippen LogP contribution in [0.1, 0.15) is 5.69 Å². The number of rotatable bonds is 2. The van der Waals surface area contributed by atoms with Crippen molar-refractivity contribution in [1.29, 1.82) is 0 Å². The number of hydrogen-bond acceptors (Lipinski definition) is 2. The van der Waals surface area contributed by atoms with E-state index in [-0.39, 0.29) is 5.43 Å². The van der Waals surface area contributed by atoms with E-state index in [1.165, 1.54) is 0 Å².